The first-order chi connectivity index (χ1) is 35.7. The number of fused-ring (bicyclic) bond motifs is 23. The number of anilines is 3. The van der Waals surface area contributed by atoms with Gasteiger partial charge in [0.2, 0.25) is 0 Å². The van der Waals surface area contributed by atoms with Crippen LogP contribution in [0.3, 0.4) is 0 Å². The predicted octanol–water partition coefficient (Wildman–Crippen LogP) is 19.2. The number of nitrogens with zero attached hydrogens (tertiary/aromatic N) is 1. The fourth-order valence-corrected chi connectivity index (χ4v) is 13.5. The molecule has 0 bridgehead atoms. The van der Waals surface area contributed by atoms with Crippen molar-refractivity contribution < 1.29 is 0 Å². The normalized spacial score (nSPS) is 13.1. The molecule has 0 unspecified atom stereocenters. The molecule has 0 amide bonds. The summed E-state index contributed by atoms with van der Waals surface area (Å²) < 4.78 is 0. The summed E-state index contributed by atoms with van der Waals surface area (Å²) in [6.45, 7) is 0. The summed E-state index contributed by atoms with van der Waals surface area (Å²) >= 11 is 0. The van der Waals surface area contributed by atoms with Crippen LogP contribution in [-0.4, -0.2) is 0 Å². The molecule has 14 aromatic rings. The molecule has 0 heterocycles. The van der Waals surface area contributed by atoms with E-state index in [-0.39, 0.29) is 0 Å². The predicted molar refractivity (Wildman–Crippen MR) is 305 cm³/mol. The van der Waals surface area contributed by atoms with Gasteiger partial charge >= 0.3 is 0 Å². The molecule has 0 aromatic heterocycles. The topological polar surface area (TPSA) is 3.24 Å². The molecule has 0 radical (unpaired) electrons. The van der Waals surface area contributed by atoms with E-state index in [1.54, 1.807) is 0 Å². The van der Waals surface area contributed by atoms with Gasteiger partial charge in [-0.1, -0.05) is 224 Å². The van der Waals surface area contributed by atoms with Gasteiger partial charge in [-0.25, -0.2) is 0 Å². The first-order valence-electron chi connectivity index (χ1n) is 25.2. The van der Waals surface area contributed by atoms with Crippen LogP contribution in [0.25, 0.3) is 109 Å². The second-order valence-electron chi connectivity index (χ2n) is 19.8. The van der Waals surface area contributed by atoms with Gasteiger partial charge in [0.05, 0.1) is 11.1 Å². The Hall–Kier alpha value is -9.30. The highest BCUT2D eigenvalue weighted by molar-refractivity contribution is 6.27. The van der Waals surface area contributed by atoms with Gasteiger partial charge in [-0.15, -0.1) is 0 Å². The largest absolute Gasteiger partial charge is 0.310 e. The van der Waals surface area contributed by atoms with Crippen LogP contribution in [0.2, 0.25) is 0 Å². The summed E-state index contributed by atoms with van der Waals surface area (Å²) in [5.74, 6) is 0. The monoisotopic (exact) mass is 909 g/mol. The smallest absolute Gasteiger partial charge is 0.0726 e. The van der Waals surface area contributed by atoms with Crippen molar-refractivity contribution in [3.8, 4) is 33.4 Å². The van der Waals surface area contributed by atoms with Crippen LogP contribution >= 0.6 is 0 Å². The van der Waals surface area contributed by atoms with Crippen molar-refractivity contribution in [1.29, 1.82) is 0 Å². The lowest BCUT2D eigenvalue weighted by atomic mass is 9.70. The SMILES string of the molecule is c1ccc2c(c1)-c1ccccc1C21c2ccccc2-c2cc(-c3cccc4ccccc34)c(N(c3ccc4c5ccccc5c5ccccc5c4c3)c3ccc4c5ccccc5c5ccccc5c4c3)cc21. The molecule has 0 N–H and O–H groups in total. The Morgan fingerprint density at radius 1 is 0.208 bits per heavy atom. The summed E-state index contributed by atoms with van der Waals surface area (Å²) in [6.07, 6.45) is 0. The number of rotatable bonds is 4. The molecule has 16 rings (SSSR count). The van der Waals surface area contributed by atoms with Crippen LogP contribution in [0.15, 0.2) is 261 Å². The van der Waals surface area contributed by atoms with Gasteiger partial charge in [0, 0.05) is 16.9 Å². The molecule has 14 aromatic carbocycles. The Balaban J connectivity index is 1.08. The van der Waals surface area contributed by atoms with Gasteiger partial charge in [0.1, 0.15) is 0 Å². The maximum absolute atomic E-state index is 2.59. The summed E-state index contributed by atoms with van der Waals surface area (Å²) in [6, 6.07) is 98.5. The summed E-state index contributed by atoms with van der Waals surface area (Å²) in [5, 5.41) is 17.5. The molecule has 1 nitrogen and oxygen atoms in total. The van der Waals surface area contributed by atoms with Gasteiger partial charge in [0.25, 0.3) is 0 Å². The third-order valence-electron chi connectivity index (χ3n) is 16.4. The van der Waals surface area contributed by atoms with E-state index in [1.165, 1.54) is 131 Å². The molecule has 0 saturated carbocycles. The van der Waals surface area contributed by atoms with E-state index in [4.69, 9.17) is 0 Å². The van der Waals surface area contributed by atoms with E-state index in [1.807, 2.05) is 0 Å². The molecule has 0 saturated heterocycles. The third-order valence-corrected chi connectivity index (χ3v) is 16.4. The highest BCUT2D eigenvalue weighted by atomic mass is 15.1. The Kier molecular flexibility index (Phi) is 8.16. The summed E-state index contributed by atoms with van der Waals surface area (Å²) in [4.78, 5) is 2.59. The van der Waals surface area contributed by atoms with Crippen LogP contribution in [0.5, 0.6) is 0 Å². The Morgan fingerprint density at radius 2 is 0.556 bits per heavy atom. The molecule has 72 heavy (non-hydrogen) atoms. The molecule has 1 spiro atoms. The quantitative estimate of drug-likeness (QED) is 0.159. The summed E-state index contributed by atoms with van der Waals surface area (Å²) in [5.41, 5.74) is 15.7. The lowest BCUT2D eigenvalue weighted by Gasteiger charge is -2.33. The lowest BCUT2D eigenvalue weighted by molar-refractivity contribution is 0.794. The van der Waals surface area contributed by atoms with E-state index in [0.29, 0.717) is 0 Å². The highest BCUT2D eigenvalue weighted by Gasteiger charge is 2.52. The molecule has 2 aliphatic carbocycles. The maximum atomic E-state index is 2.59. The molecule has 0 fully saturated rings. The molecule has 2 aliphatic rings. The second kappa shape index (κ2) is 14.9. The fourth-order valence-electron chi connectivity index (χ4n) is 13.5. The Bertz CT molecular complexity index is 4370. The molecular weight excluding hydrogens is 867 g/mol. The fraction of sp³-hybridized carbons (Fsp3) is 0.0141. The molecule has 0 atom stereocenters. The standard InChI is InChI=1S/C71H43N/c1-2-20-47-44(18-1)19-17-32-48(47)65-42-64-61-31-13-16-35-68(61)71(66-33-14-11-29-59(66)60-30-12-15-34-67(60)71)69(64)43-70(65)72(45-36-38-57-53-25-5-3-21-49(53)51-23-7-9-27-55(51)62(57)40-45)46-37-39-58-54-26-6-4-22-50(54)52-24-8-10-28-56(52)63(58)41-46/h1-43H. The van der Waals surface area contributed by atoms with E-state index < -0.39 is 5.41 Å². The van der Waals surface area contributed by atoms with Gasteiger partial charge < -0.3 is 4.90 Å². The average Bonchev–Trinajstić information content (AvgIpc) is 3.92. The van der Waals surface area contributed by atoms with Gasteiger partial charge in [-0.2, -0.15) is 0 Å². The van der Waals surface area contributed by atoms with Crippen LogP contribution in [0.4, 0.5) is 17.1 Å². The zero-order chi connectivity index (χ0) is 47.1. The first-order valence-corrected chi connectivity index (χ1v) is 25.2. The zero-order valence-electron chi connectivity index (χ0n) is 39.3. The molecule has 1 heteroatoms. The van der Waals surface area contributed by atoms with Crippen molar-refractivity contribution in [2.75, 3.05) is 4.90 Å². The number of hydrogen-bond donors (Lipinski definition) is 0. The molecular formula is C71H43N. The van der Waals surface area contributed by atoms with Crippen molar-refractivity contribution in [1.82, 2.24) is 0 Å². The van der Waals surface area contributed by atoms with E-state index in [0.717, 1.165) is 17.1 Å². The summed E-state index contributed by atoms with van der Waals surface area (Å²) in [7, 11) is 0. The maximum Gasteiger partial charge on any atom is 0.0726 e. The minimum Gasteiger partial charge on any atom is -0.310 e. The van der Waals surface area contributed by atoms with E-state index >= 15 is 0 Å². The van der Waals surface area contributed by atoms with E-state index in [9.17, 15) is 0 Å². The minimum atomic E-state index is -0.534. The van der Waals surface area contributed by atoms with Gasteiger partial charge in [-0.05, 0) is 162 Å². The highest BCUT2D eigenvalue weighted by Crippen LogP contribution is 2.64. The Labute approximate surface area is 417 Å². The minimum absolute atomic E-state index is 0.534. The van der Waals surface area contributed by atoms with Crippen LogP contribution in [-0.2, 0) is 5.41 Å². The van der Waals surface area contributed by atoms with Crippen molar-refractivity contribution in [3.63, 3.8) is 0 Å². The number of hydrogen-bond acceptors (Lipinski definition) is 1. The number of benzene rings is 14. The molecule has 0 aliphatic heterocycles. The first kappa shape index (κ1) is 39.5. The van der Waals surface area contributed by atoms with Crippen LogP contribution < -0.4 is 4.90 Å². The van der Waals surface area contributed by atoms with Gasteiger partial charge in [0.15, 0.2) is 0 Å². The third kappa shape index (κ3) is 5.27. The van der Waals surface area contributed by atoms with Crippen molar-refractivity contribution >= 4 is 92.5 Å². The van der Waals surface area contributed by atoms with Crippen LogP contribution in [0.1, 0.15) is 22.3 Å². The lowest BCUT2D eigenvalue weighted by Crippen LogP contribution is -2.26. The van der Waals surface area contributed by atoms with Crippen molar-refractivity contribution in [2.24, 2.45) is 0 Å². The Morgan fingerprint density at radius 3 is 1.03 bits per heavy atom. The molecule has 332 valence electrons. The van der Waals surface area contributed by atoms with E-state index in [2.05, 4.69) is 266 Å². The van der Waals surface area contributed by atoms with Crippen molar-refractivity contribution in [3.05, 3.63) is 283 Å². The average molecular weight is 910 g/mol. The zero-order valence-corrected chi connectivity index (χ0v) is 39.3. The van der Waals surface area contributed by atoms with Gasteiger partial charge in [-0.3, -0.25) is 0 Å². The second-order valence-corrected chi connectivity index (χ2v) is 19.8. The van der Waals surface area contributed by atoms with Crippen LogP contribution in [0, 0.1) is 0 Å². The van der Waals surface area contributed by atoms with Crippen molar-refractivity contribution in [2.45, 2.75) is 5.41 Å².